The summed E-state index contributed by atoms with van der Waals surface area (Å²) < 4.78 is 5.14. The van der Waals surface area contributed by atoms with E-state index in [1.165, 1.54) is 12.3 Å². The van der Waals surface area contributed by atoms with E-state index < -0.39 is 0 Å². The van der Waals surface area contributed by atoms with E-state index in [0.29, 0.717) is 31.0 Å². The topological polar surface area (TPSA) is 95.8 Å². The smallest absolute Gasteiger partial charge is 0.256 e. The molecule has 4 heterocycles. The zero-order valence-electron chi connectivity index (χ0n) is 19.4. The third kappa shape index (κ3) is 5.81. The van der Waals surface area contributed by atoms with Gasteiger partial charge in [-0.1, -0.05) is 12.2 Å². The number of carbonyl (C=O) groups is 3. The standard InChI is InChI=1S/C26H30N4O4/c1-19-7-9-22(26(33)30-13-3-2-4-14-30)25(28-19)20-11-15-29(16-12-20)24(32)18-27-23(31)10-8-21-6-5-17-34-21/h2-3,5-10,17,20H,4,11-16,18H2,1H3,(H,27,31). The van der Waals surface area contributed by atoms with Crippen molar-refractivity contribution >= 4 is 23.8 Å². The van der Waals surface area contributed by atoms with Gasteiger partial charge in [0.15, 0.2) is 0 Å². The Morgan fingerprint density at radius 1 is 1.12 bits per heavy atom. The first-order valence-corrected chi connectivity index (χ1v) is 11.7. The molecular formula is C26H30N4O4. The highest BCUT2D eigenvalue weighted by Gasteiger charge is 2.29. The quantitative estimate of drug-likeness (QED) is 0.526. The predicted molar refractivity (Wildman–Crippen MR) is 128 cm³/mol. The molecule has 0 radical (unpaired) electrons. The van der Waals surface area contributed by atoms with Crippen LogP contribution in [0.4, 0.5) is 0 Å². The summed E-state index contributed by atoms with van der Waals surface area (Å²) in [6, 6.07) is 7.26. The van der Waals surface area contributed by atoms with Crippen molar-refractivity contribution < 1.29 is 18.8 Å². The van der Waals surface area contributed by atoms with Crippen molar-refractivity contribution in [1.82, 2.24) is 20.1 Å². The van der Waals surface area contributed by atoms with Crippen LogP contribution in [-0.2, 0) is 9.59 Å². The molecule has 2 aliphatic rings. The number of carbonyl (C=O) groups excluding carboxylic acids is 3. The van der Waals surface area contributed by atoms with Gasteiger partial charge < -0.3 is 19.5 Å². The van der Waals surface area contributed by atoms with Crippen molar-refractivity contribution in [1.29, 1.82) is 0 Å². The molecule has 0 aliphatic carbocycles. The maximum absolute atomic E-state index is 13.2. The van der Waals surface area contributed by atoms with Crippen LogP contribution in [0.25, 0.3) is 6.08 Å². The van der Waals surface area contributed by atoms with Gasteiger partial charge in [0.05, 0.1) is 24.1 Å². The van der Waals surface area contributed by atoms with Gasteiger partial charge in [-0.25, -0.2) is 0 Å². The van der Waals surface area contributed by atoms with E-state index in [1.807, 2.05) is 30.0 Å². The number of furan rings is 1. The lowest BCUT2D eigenvalue weighted by Gasteiger charge is -2.33. The van der Waals surface area contributed by atoms with Crippen LogP contribution in [0.2, 0.25) is 0 Å². The third-order valence-electron chi connectivity index (χ3n) is 6.23. The van der Waals surface area contributed by atoms with Gasteiger partial charge in [-0.2, -0.15) is 0 Å². The fourth-order valence-electron chi connectivity index (χ4n) is 4.34. The van der Waals surface area contributed by atoms with Crippen LogP contribution in [-0.4, -0.2) is 65.2 Å². The predicted octanol–water partition coefficient (Wildman–Crippen LogP) is 2.92. The summed E-state index contributed by atoms with van der Waals surface area (Å²) in [6.45, 7) is 4.36. The number of nitrogens with one attached hydrogen (secondary N) is 1. The summed E-state index contributed by atoms with van der Waals surface area (Å²) in [6.07, 6.45) is 10.9. The maximum atomic E-state index is 13.2. The number of likely N-dealkylation sites (tertiary alicyclic amines) is 1. The number of hydrogen-bond acceptors (Lipinski definition) is 5. The van der Waals surface area contributed by atoms with Gasteiger partial charge in [-0.05, 0) is 56.5 Å². The number of rotatable bonds is 6. The normalized spacial score (nSPS) is 16.7. The van der Waals surface area contributed by atoms with Crippen molar-refractivity contribution in [3.05, 3.63) is 71.5 Å². The number of piperidine rings is 1. The van der Waals surface area contributed by atoms with Crippen LogP contribution >= 0.6 is 0 Å². The summed E-state index contributed by atoms with van der Waals surface area (Å²) in [5, 5.41) is 2.63. The Morgan fingerprint density at radius 3 is 2.65 bits per heavy atom. The Balaban J connectivity index is 1.32. The van der Waals surface area contributed by atoms with Crippen molar-refractivity contribution in [2.24, 2.45) is 0 Å². The van der Waals surface area contributed by atoms with Crippen molar-refractivity contribution in [2.75, 3.05) is 32.7 Å². The molecule has 0 saturated carbocycles. The Hall–Kier alpha value is -3.68. The average molecular weight is 463 g/mol. The molecule has 2 aromatic heterocycles. The zero-order valence-corrected chi connectivity index (χ0v) is 19.4. The van der Waals surface area contributed by atoms with Crippen LogP contribution in [0.5, 0.6) is 0 Å². The van der Waals surface area contributed by atoms with Gasteiger partial charge >= 0.3 is 0 Å². The Kier molecular flexibility index (Phi) is 7.57. The molecule has 1 fully saturated rings. The van der Waals surface area contributed by atoms with Crippen molar-refractivity contribution in [3.8, 4) is 0 Å². The fourth-order valence-corrected chi connectivity index (χ4v) is 4.34. The SMILES string of the molecule is Cc1ccc(C(=O)N2CC=CCC2)c(C2CCN(C(=O)CNC(=O)C=Cc3ccco3)CC2)n1. The summed E-state index contributed by atoms with van der Waals surface area (Å²) in [4.78, 5) is 46.1. The van der Waals surface area contributed by atoms with E-state index in [9.17, 15) is 14.4 Å². The average Bonchev–Trinajstić information content (AvgIpc) is 3.40. The molecule has 0 aromatic carbocycles. The highest BCUT2D eigenvalue weighted by Crippen LogP contribution is 2.30. The van der Waals surface area contributed by atoms with Gasteiger partial charge in [0.2, 0.25) is 11.8 Å². The summed E-state index contributed by atoms with van der Waals surface area (Å²) in [5.74, 6) is 0.249. The fraction of sp³-hybridized carbons (Fsp3) is 0.385. The lowest BCUT2D eigenvalue weighted by molar-refractivity contribution is -0.133. The van der Waals surface area contributed by atoms with E-state index in [4.69, 9.17) is 9.40 Å². The molecule has 0 atom stereocenters. The minimum Gasteiger partial charge on any atom is -0.465 e. The first-order valence-electron chi connectivity index (χ1n) is 11.7. The summed E-state index contributed by atoms with van der Waals surface area (Å²) in [5.41, 5.74) is 2.39. The van der Waals surface area contributed by atoms with Crippen LogP contribution < -0.4 is 5.32 Å². The molecule has 0 bridgehead atoms. The van der Waals surface area contributed by atoms with E-state index >= 15 is 0 Å². The Bertz CT molecular complexity index is 1080. The van der Waals surface area contributed by atoms with E-state index in [2.05, 4.69) is 11.4 Å². The number of hydrogen-bond donors (Lipinski definition) is 1. The molecule has 0 unspecified atom stereocenters. The van der Waals surface area contributed by atoms with Gasteiger partial charge in [-0.3, -0.25) is 19.4 Å². The largest absolute Gasteiger partial charge is 0.465 e. The molecule has 0 spiro atoms. The first kappa shape index (κ1) is 23.5. The minimum atomic E-state index is -0.348. The Morgan fingerprint density at radius 2 is 1.94 bits per heavy atom. The lowest BCUT2D eigenvalue weighted by Crippen LogP contribution is -2.43. The van der Waals surface area contributed by atoms with Crippen LogP contribution in [0.3, 0.4) is 0 Å². The second kappa shape index (κ2) is 11.0. The monoisotopic (exact) mass is 462 g/mol. The molecule has 3 amide bonds. The highest BCUT2D eigenvalue weighted by molar-refractivity contribution is 5.96. The Labute approximate surface area is 199 Å². The molecule has 1 saturated heterocycles. The molecule has 8 nitrogen and oxygen atoms in total. The molecule has 2 aliphatic heterocycles. The van der Waals surface area contributed by atoms with Crippen molar-refractivity contribution in [3.63, 3.8) is 0 Å². The van der Waals surface area contributed by atoms with E-state index in [0.717, 1.165) is 37.2 Å². The molecule has 1 N–H and O–H groups in total. The van der Waals surface area contributed by atoms with Crippen LogP contribution in [0, 0.1) is 6.92 Å². The molecular weight excluding hydrogens is 432 g/mol. The summed E-state index contributed by atoms with van der Waals surface area (Å²) >= 11 is 0. The summed E-state index contributed by atoms with van der Waals surface area (Å²) in [7, 11) is 0. The third-order valence-corrected chi connectivity index (χ3v) is 6.23. The lowest BCUT2D eigenvalue weighted by atomic mass is 9.89. The second-order valence-corrected chi connectivity index (χ2v) is 8.62. The zero-order chi connectivity index (χ0) is 23.9. The number of nitrogens with zero attached hydrogens (tertiary/aromatic N) is 3. The van der Waals surface area contributed by atoms with Gasteiger partial charge in [0.25, 0.3) is 5.91 Å². The second-order valence-electron chi connectivity index (χ2n) is 8.62. The number of aromatic nitrogens is 1. The molecule has 34 heavy (non-hydrogen) atoms. The number of amides is 3. The minimum absolute atomic E-state index is 0.0238. The first-order chi connectivity index (χ1) is 16.5. The van der Waals surface area contributed by atoms with Crippen LogP contribution in [0.15, 0.2) is 53.2 Å². The van der Waals surface area contributed by atoms with E-state index in [-0.39, 0.29) is 30.2 Å². The van der Waals surface area contributed by atoms with Gasteiger partial charge in [0, 0.05) is 43.9 Å². The van der Waals surface area contributed by atoms with Crippen molar-refractivity contribution in [2.45, 2.75) is 32.1 Å². The molecule has 178 valence electrons. The number of aryl methyl sites for hydroxylation is 1. The molecule has 4 rings (SSSR count). The maximum Gasteiger partial charge on any atom is 0.256 e. The van der Waals surface area contributed by atoms with Gasteiger partial charge in [0.1, 0.15) is 5.76 Å². The van der Waals surface area contributed by atoms with E-state index in [1.54, 1.807) is 23.1 Å². The number of pyridine rings is 1. The van der Waals surface area contributed by atoms with Gasteiger partial charge in [-0.15, -0.1) is 0 Å². The molecule has 2 aromatic rings. The molecule has 8 heteroatoms. The highest BCUT2D eigenvalue weighted by atomic mass is 16.3. The van der Waals surface area contributed by atoms with Crippen LogP contribution in [0.1, 0.15) is 52.7 Å².